The molecule has 3 aliphatic heterocycles. The minimum atomic E-state index is -1.02. The Balaban J connectivity index is 1.17. The number of likely N-dealkylation sites (tertiary alicyclic amines) is 1. The van der Waals surface area contributed by atoms with Crippen LogP contribution in [0, 0.1) is 11.7 Å². The molecular weight excluding hydrogens is 501 g/mol. The van der Waals surface area contributed by atoms with E-state index in [0.29, 0.717) is 43.2 Å². The minimum Gasteiger partial charge on any atom is -0.487 e. The number of nitrogens with one attached hydrogen (secondary N) is 1. The molecule has 0 aliphatic carbocycles. The molecule has 0 bridgehead atoms. The van der Waals surface area contributed by atoms with E-state index in [2.05, 4.69) is 17.4 Å². The number of rotatable bonds is 10. The number of aliphatic carboxylic acids is 1. The van der Waals surface area contributed by atoms with Crippen LogP contribution in [0.1, 0.15) is 68.0 Å². The molecule has 1 saturated heterocycles. The number of hydrogen-bond donors (Lipinski definition) is 2. The highest BCUT2D eigenvalue weighted by molar-refractivity contribution is 5.77. The van der Waals surface area contributed by atoms with Gasteiger partial charge in [-0.25, -0.2) is 9.37 Å². The summed E-state index contributed by atoms with van der Waals surface area (Å²) >= 11 is 0. The van der Waals surface area contributed by atoms with E-state index < -0.39 is 17.8 Å². The van der Waals surface area contributed by atoms with E-state index in [9.17, 15) is 14.3 Å². The third kappa shape index (κ3) is 6.70. The normalized spacial score (nSPS) is 21.9. The third-order valence-corrected chi connectivity index (χ3v) is 7.91. The number of carboxylic acid groups (broad SMARTS) is 1. The Hall–Kier alpha value is -2.75. The predicted molar refractivity (Wildman–Crippen MR) is 146 cm³/mol. The summed E-state index contributed by atoms with van der Waals surface area (Å²) in [6.07, 6.45) is 5.48. The Morgan fingerprint density at radius 2 is 2.15 bits per heavy atom. The summed E-state index contributed by atoms with van der Waals surface area (Å²) in [5, 5.41) is 13.6. The lowest BCUT2D eigenvalue weighted by molar-refractivity contribution is -0.143. The Labute approximate surface area is 229 Å². The van der Waals surface area contributed by atoms with Crippen molar-refractivity contribution >= 4 is 11.8 Å². The van der Waals surface area contributed by atoms with Crippen molar-refractivity contribution in [3.05, 3.63) is 52.5 Å². The van der Waals surface area contributed by atoms with Crippen LogP contribution in [-0.2, 0) is 33.7 Å². The van der Waals surface area contributed by atoms with E-state index in [-0.39, 0.29) is 24.7 Å². The zero-order chi connectivity index (χ0) is 27.4. The van der Waals surface area contributed by atoms with Gasteiger partial charge in [0, 0.05) is 43.1 Å². The van der Waals surface area contributed by atoms with Crippen LogP contribution in [0.2, 0.25) is 0 Å². The van der Waals surface area contributed by atoms with E-state index in [1.165, 1.54) is 17.7 Å². The highest BCUT2D eigenvalue weighted by atomic mass is 19.1. The lowest BCUT2D eigenvalue weighted by atomic mass is 10.00. The molecule has 2 aromatic rings. The fraction of sp³-hybridized carbons (Fsp3) is 0.600. The summed E-state index contributed by atoms with van der Waals surface area (Å²) in [5.74, 6) is 0.130. The maximum Gasteiger partial charge on any atom is 0.325 e. The molecular formula is C30H40FN3O5. The van der Waals surface area contributed by atoms with Crippen molar-refractivity contribution in [3.8, 4) is 5.75 Å². The Morgan fingerprint density at radius 3 is 2.97 bits per heavy atom. The van der Waals surface area contributed by atoms with E-state index >= 15 is 0 Å². The molecule has 0 amide bonds. The molecule has 8 nitrogen and oxygen atoms in total. The summed E-state index contributed by atoms with van der Waals surface area (Å²) in [6.45, 7) is 7.27. The van der Waals surface area contributed by atoms with Gasteiger partial charge in [0.25, 0.3) is 0 Å². The molecule has 0 saturated carbocycles. The average Bonchev–Trinajstić information content (AvgIpc) is 3.25. The zero-order valence-corrected chi connectivity index (χ0v) is 23.0. The monoisotopic (exact) mass is 541 g/mol. The van der Waals surface area contributed by atoms with Crippen LogP contribution in [0.3, 0.4) is 0 Å². The second-order valence-electron chi connectivity index (χ2n) is 11.2. The summed E-state index contributed by atoms with van der Waals surface area (Å²) in [7, 11) is 0. The van der Waals surface area contributed by atoms with Gasteiger partial charge in [0.2, 0.25) is 0 Å². The average molecular weight is 542 g/mol. The number of fused-ring (bicyclic) bond motifs is 2. The smallest absolute Gasteiger partial charge is 0.325 e. The van der Waals surface area contributed by atoms with Crippen molar-refractivity contribution < 1.29 is 28.5 Å². The molecule has 1 aromatic heterocycles. The van der Waals surface area contributed by atoms with Crippen molar-refractivity contribution in [2.45, 2.75) is 77.2 Å². The molecule has 2 N–H and O–H groups in total. The number of hydrogen-bond acceptors (Lipinski definition) is 7. The number of unbranched alkanes of at least 4 members (excludes halogenated alkanes) is 1. The van der Waals surface area contributed by atoms with Crippen molar-refractivity contribution in [2.24, 2.45) is 5.92 Å². The minimum absolute atomic E-state index is 0.0576. The van der Waals surface area contributed by atoms with Crippen LogP contribution in [-0.4, -0.2) is 66.0 Å². The first-order valence-corrected chi connectivity index (χ1v) is 14.3. The maximum atomic E-state index is 14.6. The summed E-state index contributed by atoms with van der Waals surface area (Å²) in [5.41, 5.74) is 3.30. The van der Waals surface area contributed by atoms with Gasteiger partial charge in [-0.3, -0.25) is 9.69 Å². The van der Waals surface area contributed by atoms with Gasteiger partial charge in [-0.15, -0.1) is 0 Å². The van der Waals surface area contributed by atoms with Gasteiger partial charge in [0.05, 0.1) is 19.3 Å². The van der Waals surface area contributed by atoms with Gasteiger partial charge < -0.3 is 24.6 Å². The van der Waals surface area contributed by atoms with Crippen molar-refractivity contribution in [2.75, 3.05) is 38.2 Å². The van der Waals surface area contributed by atoms with E-state index in [4.69, 9.17) is 19.2 Å². The molecule has 5 rings (SSSR count). The Kier molecular flexibility index (Phi) is 8.99. The number of benzene rings is 1. The quantitative estimate of drug-likeness (QED) is 0.417. The number of ether oxygens (including phenoxy) is 3. The predicted octanol–water partition coefficient (Wildman–Crippen LogP) is 4.75. The molecule has 4 heterocycles. The number of aromatic nitrogens is 1. The van der Waals surface area contributed by atoms with Gasteiger partial charge in [0.1, 0.15) is 29.5 Å². The van der Waals surface area contributed by atoms with Crippen LogP contribution >= 0.6 is 0 Å². The number of pyridine rings is 1. The fourth-order valence-corrected chi connectivity index (χ4v) is 5.70. The first-order chi connectivity index (χ1) is 18.9. The molecule has 0 unspecified atom stereocenters. The molecule has 9 heteroatoms. The van der Waals surface area contributed by atoms with Crippen LogP contribution in [0.4, 0.5) is 10.2 Å². The van der Waals surface area contributed by atoms with Gasteiger partial charge in [-0.2, -0.15) is 0 Å². The summed E-state index contributed by atoms with van der Waals surface area (Å²) in [4.78, 5) is 19.1. The SMILES string of the molecule is CC(C)[C@@H]1COCc2cc(F)cc([C@@H](C(=O)O)N3CC[C@@H](OCCCCc4ccc5c(n4)NCCC5)C3)c2O1. The Morgan fingerprint density at radius 1 is 1.28 bits per heavy atom. The summed E-state index contributed by atoms with van der Waals surface area (Å²) in [6, 6.07) is 5.98. The first-order valence-electron chi connectivity index (χ1n) is 14.3. The first kappa shape index (κ1) is 27.8. The maximum absolute atomic E-state index is 14.6. The highest BCUT2D eigenvalue weighted by Crippen LogP contribution is 2.38. The molecule has 39 heavy (non-hydrogen) atoms. The van der Waals surface area contributed by atoms with Crippen molar-refractivity contribution in [1.82, 2.24) is 9.88 Å². The molecule has 3 atom stereocenters. The zero-order valence-electron chi connectivity index (χ0n) is 23.0. The standard InChI is InChI=1S/C30H40FN3O5/c1-19(2)26-18-37-17-21-14-22(31)15-25(28(21)39-26)27(30(35)36)34-12-10-24(16-34)38-13-4-3-7-23-9-8-20-6-5-11-32-29(20)33-23/h8-9,14-15,19,24,26-27H,3-7,10-13,16-18H2,1-2H3,(H,32,33)(H,35,36)/t24-,26+,27+/m1/s1. The van der Waals surface area contributed by atoms with Gasteiger partial charge in [0.15, 0.2) is 0 Å². The van der Waals surface area contributed by atoms with E-state index in [0.717, 1.165) is 56.6 Å². The lowest BCUT2D eigenvalue weighted by Gasteiger charge is -2.28. The number of carboxylic acids is 1. The fourth-order valence-electron chi connectivity index (χ4n) is 5.70. The van der Waals surface area contributed by atoms with Crippen LogP contribution < -0.4 is 10.1 Å². The van der Waals surface area contributed by atoms with Crippen LogP contribution in [0.15, 0.2) is 24.3 Å². The number of anilines is 1. The second kappa shape index (κ2) is 12.6. The second-order valence-corrected chi connectivity index (χ2v) is 11.2. The highest BCUT2D eigenvalue weighted by Gasteiger charge is 2.38. The molecule has 0 spiro atoms. The lowest BCUT2D eigenvalue weighted by Crippen LogP contribution is -2.35. The van der Waals surface area contributed by atoms with Gasteiger partial charge >= 0.3 is 5.97 Å². The van der Waals surface area contributed by atoms with E-state index in [1.54, 1.807) is 0 Å². The van der Waals surface area contributed by atoms with Crippen LogP contribution in [0.25, 0.3) is 0 Å². The van der Waals surface area contributed by atoms with Gasteiger partial charge in [-0.05, 0) is 68.2 Å². The van der Waals surface area contributed by atoms with Gasteiger partial charge in [-0.1, -0.05) is 19.9 Å². The largest absolute Gasteiger partial charge is 0.487 e. The molecule has 1 fully saturated rings. The number of aryl methyl sites for hydroxylation is 2. The van der Waals surface area contributed by atoms with Crippen molar-refractivity contribution in [1.29, 1.82) is 0 Å². The molecule has 3 aliphatic rings. The molecule has 1 aromatic carbocycles. The number of nitrogens with zero attached hydrogens (tertiary/aromatic N) is 2. The number of halogens is 1. The van der Waals surface area contributed by atoms with E-state index in [1.807, 2.05) is 18.7 Å². The Bertz CT molecular complexity index is 1160. The van der Waals surface area contributed by atoms with Crippen molar-refractivity contribution in [3.63, 3.8) is 0 Å². The molecule has 212 valence electrons. The topological polar surface area (TPSA) is 93.2 Å². The number of carbonyl (C=O) groups is 1. The summed E-state index contributed by atoms with van der Waals surface area (Å²) < 4.78 is 32.7. The molecule has 0 radical (unpaired) electrons. The third-order valence-electron chi connectivity index (χ3n) is 7.91. The van der Waals surface area contributed by atoms with Crippen LogP contribution in [0.5, 0.6) is 5.75 Å².